The van der Waals surface area contributed by atoms with Gasteiger partial charge in [0.15, 0.2) is 0 Å². The fourth-order valence-electron chi connectivity index (χ4n) is 2.68. The minimum absolute atomic E-state index is 0.0202. The third-order valence-corrected chi connectivity index (χ3v) is 5.68. The Labute approximate surface area is 117 Å². The molecule has 5 nitrogen and oxygen atoms in total. The monoisotopic (exact) mass is 315 g/mol. The van der Waals surface area contributed by atoms with Crippen molar-refractivity contribution in [2.75, 3.05) is 45.0 Å². The lowest BCUT2D eigenvalue weighted by atomic mass is 10.3. The molecule has 0 saturated carbocycles. The molecular formula is C11H20F3N3O2S. The maximum Gasteiger partial charge on any atom is 0.401 e. The van der Waals surface area contributed by atoms with Crippen LogP contribution in [0.3, 0.4) is 0 Å². The second-order valence-corrected chi connectivity index (χ2v) is 7.38. The molecule has 0 aliphatic carbocycles. The highest BCUT2D eigenvalue weighted by molar-refractivity contribution is 7.89. The summed E-state index contributed by atoms with van der Waals surface area (Å²) in [6.07, 6.45) is -2.42. The van der Waals surface area contributed by atoms with E-state index in [0.717, 1.165) is 19.4 Å². The second kappa shape index (κ2) is 6.17. The largest absolute Gasteiger partial charge is 0.401 e. The van der Waals surface area contributed by atoms with Gasteiger partial charge in [0.2, 0.25) is 10.0 Å². The Morgan fingerprint density at radius 3 is 2.30 bits per heavy atom. The maximum atomic E-state index is 12.3. The zero-order valence-electron chi connectivity index (χ0n) is 11.2. The number of alkyl halides is 3. The molecule has 0 aromatic heterocycles. The van der Waals surface area contributed by atoms with Crippen molar-refractivity contribution in [2.24, 2.45) is 0 Å². The molecule has 1 atom stereocenters. The number of rotatable bonds is 4. The van der Waals surface area contributed by atoms with Gasteiger partial charge in [-0.3, -0.25) is 4.90 Å². The second-order valence-electron chi connectivity index (χ2n) is 5.36. The van der Waals surface area contributed by atoms with E-state index in [0.29, 0.717) is 0 Å². The molecule has 9 heteroatoms. The molecule has 0 aromatic rings. The number of hydrogen-bond acceptors (Lipinski definition) is 4. The standard InChI is InChI=1S/C11H20F3N3O2S/c12-11(13,14)9-16-4-6-17(7-5-16)20(18,19)8-10-2-1-3-15-10/h10,15H,1-9H2. The van der Waals surface area contributed by atoms with Gasteiger partial charge in [0.25, 0.3) is 0 Å². The molecule has 2 fully saturated rings. The zero-order chi connectivity index (χ0) is 14.8. The van der Waals surface area contributed by atoms with Crippen LogP contribution in [0.4, 0.5) is 13.2 Å². The van der Waals surface area contributed by atoms with E-state index < -0.39 is 22.7 Å². The van der Waals surface area contributed by atoms with E-state index >= 15 is 0 Å². The van der Waals surface area contributed by atoms with Crippen LogP contribution in [0.5, 0.6) is 0 Å². The minimum atomic E-state index is -4.23. The summed E-state index contributed by atoms with van der Waals surface area (Å²) >= 11 is 0. The van der Waals surface area contributed by atoms with E-state index in [9.17, 15) is 21.6 Å². The van der Waals surface area contributed by atoms with Crippen molar-refractivity contribution < 1.29 is 21.6 Å². The first kappa shape index (κ1) is 16.0. The van der Waals surface area contributed by atoms with E-state index in [2.05, 4.69) is 5.32 Å². The Hall–Kier alpha value is -0.380. The highest BCUT2D eigenvalue weighted by Gasteiger charge is 2.35. The van der Waals surface area contributed by atoms with Gasteiger partial charge in [-0.25, -0.2) is 8.42 Å². The summed E-state index contributed by atoms with van der Waals surface area (Å²) in [6, 6.07) is -0.0202. The quantitative estimate of drug-likeness (QED) is 0.808. The van der Waals surface area contributed by atoms with Gasteiger partial charge in [-0.15, -0.1) is 0 Å². The molecular weight excluding hydrogens is 295 g/mol. The third kappa shape index (κ3) is 4.57. The highest BCUT2D eigenvalue weighted by Crippen LogP contribution is 2.19. The summed E-state index contributed by atoms with van der Waals surface area (Å²) in [5, 5.41) is 3.13. The minimum Gasteiger partial charge on any atom is -0.313 e. The first-order valence-electron chi connectivity index (χ1n) is 6.76. The first-order chi connectivity index (χ1) is 9.26. The summed E-state index contributed by atoms with van der Waals surface area (Å²) in [5.41, 5.74) is 0. The normalized spacial score (nSPS) is 27.1. The molecule has 2 saturated heterocycles. The summed E-state index contributed by atoms with van der Waals surface area (Å²) in [6.45, 7) is 0.425. The van der Waals surface area contributed by atoms with Gasteiger partial charge in [-0.1, -0.05) is 0 Å². The van der Waals surface area contributed by atoms with Crippen LogP contribution in [0.15, 0.2) is 0 Å². The molecule has 0 radical (unpaired) electrons. The number of nitrogens with one attached hydrogen (secondary N) is 1. The van der Waals surface area contributed by atoms with E-state index in [1.807, 2.05) is 0 Å². The molecule has 118 valence electrons. The molecule has 0 bridgehead atoms. The van der Waals surface area contributed by atoms with Crippen LogP contribution in [0.1, 0.15) is 12.8 Å². The number of halogens is 3. The van der Waals surface area contributed by atoms with Crippen LogP contribution in [-0.4, -0.2) is 74.9 Å². The molecule has 20 heavy (non-hydrogen) atoms. The van der Waals surface area contributed by atoms with E-state index in [4.69, 9.17) is 0 Å². The average Bonchev–Trinajstić information content (AvgIpc) is 2.79. The van der Waals surface area contributed by atoms with Gasteiger partial charge in [0.1, 0.15) is 0 Å². The summed E-state index contributed by atoms with van der Waals surface area (Å²) < 4.78 is 62.5. The number of hydrogen-bond donors (Lipinski definition) is 1. The van der Waals surface area contributed by atoms with E-state index in [1.165, 1.54) is 9.21 Å². The number of piperazine rings is 1. The summed E-state index contributed by atoms with van der Waals surface area (Å²) in [4.78, 5) is 1.25. The summed E-state index contributed by atoms with van der Waals surface area (Å²) in [7, 11) is -3.37. The molecule has 1 unspecified atom stereocenters. The lowest BCUT2D eigenvalue weighted by Gasteiger charge is -2.34. The van der Waals surface area contributed by atoms with Crippen LogP contribution in [0, 0.1) is 0 Å². The van der Waals surface area contributed by atoms with E-state index in [-0.39, 0.29) is 38.0 Å². The fraction of sp³-hybridized carbons (Fsp3) is 1.00. The Morgan fingerprint density at radius 2 is 1.80 bits per heavy atom. The average molecular weight is 315 g/mol. The van der Waals surface area contributed by atoms with E-state index in [1.54, 1.807) is 0 Å². The Balaban J connectivity index is 1.83. The van der Waals surface area contributed by atoms with Crippen LogP contribution < -0.4 is 5.32 Å². The SMILES string of the molecule is O=S(=O)(CC1CCCN1)N1CCN(CC(F)(F)F)CC1. The van der Waals surface area contributed by atoms with Crippen molar-refractivity contribution in [2.45, 2.75) is 25.1 Å². The van der Waals surface area contributed by atoms with Crippen LogP contribution in [0.25, 0.3) is 0 Å². The lowest BCUT2D eigenvalue weighted by molar-refractivity contribution is -0.148. The molecule has 0 aromatic carbocycles. The van der Waals surface area contributed by atoms with Crippen molar-refractivity contribution in [3.63, 3.8) is 0 Å². The number of sulfonamides is 1. The van der Waals surface area contributed by atoms with Gasteiger partial charge < -0.3 is 5.32 Å². The van der Waals surface area contributed by atoms with Gasteiger partial charge in [-0.2, -0.15) is 17.5 Å². The molecule has 2 heterocycles. The van der Waals surface area contributed by atoms with Crippen molar-refractivity contribution in [1.82, 2.24) is 14.5 Å². The third-order valence-electron chi connectivity index (χ3n) is 3.70. The predicted molar refractivity (Wildman–Crippen MR) is 68.9 cm³/mol. The number of nitrogens with zero attached hydrogens (tertiary/aromatic N) is 2. The molecule has 0 amide bonds. The topological polar surface area (TPSA) is 52.7 Å². The van der Waals surface area contributed by atoms with Gasteiger partial charge >= 0.3 is 6.18 Å². The highest BCUT2D eigenvalue weighted by atomic mass is 32.2. The van der Waals surface area contributed by atoms with Crippen molar-refractivity contribution >= 4 is 10.0 Å². The van der Waals surface area contributed by atoms with Crippen molar-refractivity contribution in [1.29, 1.82) is 0 Å². The molecule has 2 aliphatic rings. The fourth-order valence-corrected chi connectivity index (χ4v) is 4.40. The molecule has 0 spiro atoms. The smallest absolute Gasteiger partial charge is 0.313 e. The maximum absolute atomic E-state index is 12.3. The Bertz CT molecular complexity index is 413. The van der Waals surface area contributed by atoms with Gasteiger partial charge in [0.05, 0.1) is 12.3 Å². The predicted octanol–water partition coefficient (Wildman–Crippen LogP) is 0.248. The van der Waals surface area contributed by atoms with Crippen LogP contribution in [0.2, 0.25) is 0 Å². The summed E-state index contributed by atoms with van der Waals surface area (Å²) in [5.74, 6) is 0.0479. The zero-order valence-corrected chi connectivity index (χ0v) is 12.0. The molecule has 1 N–H and O–H groups in total. The molecule has 2 aliphatic heterocycles. The first-order valence-corrected chi connectivity index (χ1v) is 8.37. The Morgan fingerprint density at radius 1 is 1.15 bits per heavy atom. The van der Waals surface area contributed by atoms with Crippen LogP contribution >= 0.6 is 0 Å². The van der Waals surface area contributed by atoms with Crippen LogP contribution in [-0.2, 0) is 10.0 Å². The van der Waals surface area contributed by atoms with Gasteiger partial charge in [0, 0.05) is 32.2 Å². The van der Waals surface area contributed by atoms with Crippen molar-refractivity contribution in [3.8, 4) is 0 Å². The van der Waals surface area contributed by atoms with Gasteiger partial charge in [-0.05, 0) is 19.4 Å². The Kier molecular flexibility index (Phi) is 4.93. The molecule has 2 rings (SSSR count). The lowest BCUT2D eigenvalue weighted by Crippen LogP contribution is -2.52. The van der Waals surface area contributed by atoms with Crippen molar-refractivity contribution in [3.05, 3.63) is 0 Å².